The van der Waals surface area contributed by atoms with Crippen LogP contribution >= 0.6 is 0 Å². The van der Waals surface area contributed by atoms with Gasteiger partial charge in [0.15, 0.2) is 0 Å². The first-order valence-corrected chi connectivity index (χ1v) is 2.59. The van der Waals surface area contributed by atoms with Crippen molar-refractivity contribution >= 4 is 29.0 Å². The van der Waals surface area contributed by atoms with Gasteiger partial charge in [0.05, 0.1) is 5.56 Å². The van der Waals surface area contributed by atoms with Crippen LogP contribution in [0.1, 0.15) is 10.4 Å². The van der Waals surface area contributed by atoms with Crippen molar-refractivity contribution in [3.63, 3.8) is 0 Å². The summed E-state index contributed by atoms with van der Waals surface area (Å²) in [7, 11) is 0. The van der Waals surface area contributed by atoms with Crippen LogP contribution in [-0.4, -0.2) is 50.6 Å². The van der Waals surface area contributed by atoms with Crippen LogP contribution in [0.15, 0.2) is 30.3 Å². The highest BCUT2D eigenvalue weighted by molar-refractivity contribution is 5.87. The van der Waals surface area contributed by atoms with Gasteiger partial charge in [0.25, 0.3) is 0 Å². The molecule has 0 aromatic heterocycles. The zero-order chi connectivity index (χ0) is 6.69. The van der Waals surface area contributed by atoms with E-state index in [-0.39, 0.29) is 39.5 Å². The van der Waals surface area contributed by atoms with Crippen molar-refractivity contribution in [2.24, 2.45) is 0 Å². The van der Waals surface area contributed by atoms with E-state index in [1.165, 1.54) is 0 Å². The molecule has 1 aromatic carbocycles. The van der Waals surface area contributed by atoms with E-state index in [4.69, 9.17) is 5.11 Å². The lowest BCUT2D eigenvalue weighted by atomic mass is 10.2. The monoisotopic (exact) mass is 202 g/mol. The van der Waals surface area contributed by atoms with Crippen LogP contribution in [0, 0.1) is 0 Å². The topological polar surface area (TPSA) is 132 Å². The Labute approximate surface area is 91.5 Å². The molecule has 0 aliphatic heterocycles. The number of hydrogen-bond acceptors (Lipinski definition) is 1. The van der Waals surface area contributed by atoms with Crippen LogP contribution in [0.2, 0.25) is 0 Å². The fourth-order valence-corrected chi connectivity index (χ4v) is 0.581. The molecule has 0 aliphatic carbocycles. The molecule has 0 spiro atoms. The third-order valence-electron chi connectivity index (χ3n) is 1.02. The molecule has 0 saturated carbocycles. The Morgan fingerprint density at radius 1 is 1.00 bits per heavy atom. The molecule has 0 heterocycles. The van der Waals surface area contributed by atoms with Gasteiger partial charge in [-0.15, -0.1) is 0 Å². The molecule has 74 valence electrons. The van der Waals surface area contributed by atoms with E-state index in [0.717, 1.165) is 0 Å². The molecule has 0 aliphatic rings. The first-order chi connectivity index (χ1) is 4.30. The fourth-order valence-electron chi connectivity index (χ4n) is 0.581. The van der Waals surface area contributed by atoms with Crippen molar-refractivity contribution in [1.82, 2.24) is 0 Å². The van der Waals surface area contributed by atoms with E-state index < -0.39 is 5.97 Å². The Bertz CT molecular complexity index is 213. The molecule has 0 bridgehead atoms. The molecule has 6 heteroatoms. The largest absolute Gasteiger partial charge is 0.478 e. The van der Waals surface area contributed by atoms with Gasteiger partial charge < -0.3 is 21.5 Å². The minimum atomic E-state index is -0.879. The molecule has 0 radical (unpaired) electrons. The van der Waals surface area contributed by atoms with Crippen LogP contribution in [0.3, 0.4) is 0 Å². The molecule has 0 atom stereocenters. The Kier molecular flexibility index (Phi) is 19.9. The summed E-state index contributed by atoms with van der Waals surface area (Å²) in [5.41, 5.74) is 0.331. The van der Waals surface area contributed by atoms with E-state index in [1.54, 1.807) is 30.3 Å². The zero-order valence-electron chi connectivity index (χ0n) is 6.24. The molecule has 0 amide bonds. The Morgan fingerprint density at radius 2 is 1.38 bits per heavy atom. The summed E-state index contributed by atoms with van der Waals surface area (Å²) in [5, 5.41) is 8.38. The first kappa shape index (κ1) is 22.8. The van der Waals surface area contributed by atoms with Crippen LogP contribution in [0.5, 0.6) is 0 Å². The van der Waals surface area contributed by atoms with Crippen LogP contribution in [0.4, 0.5) is 0 Å². The number of benzene rings is 1. The maximum absolute atomic E-state index is 10.2. The van der Waals surface area contributed by atoms with Gasteiger partial charge in [-0.05, 0) is 12.1 Å². The van der Waals surface area contributed by atoms with Gasteiger partial charge in [-0.3, -0.25) is 0 Å². The molecular weight excluding hydrogens is 188 g/mol. The van der Waals surface area contributed by atoms with Crippen molar-refractivity contribution in [3.8, 4) is 0 Å². The third-order valence-corrected chi connectivity index (χ3v) is 1.02. The van der Waals surface area contributed by atoms with Crippen LogP contribution < -0.4 is 0 Å². The maximum Gasteiger partial charge on any atom is 0.335 e. The second-order valence-electron chi connectivity index (χ2n) is 1.67. The standard InChI is InChI=1S/C7H6O2.Mg.3H2O.2H/c8-7(9)6-4-2-1-3-5-6;;;;;;/h1-5H,(H,8,9);;3*1H2;;. The van der Waals surface area contributed by atoms with Crippen molar-refractivity contribution in [1.29, 1.82) is 0 Å². The second-order valence-corrected chi connectivity index (χ2v) is 1.67. The quantitative estimate of drug-likeness (QED) is 0.527. The normalized spacial score (nSPS) is 6.15. The van der Waals surface area contributed by atoms with Gasteiger partial charge in [0.2, 0.25) is 0 Å². The Morgan fingerprint density at radius 3 is 1.62 bits per heavy atom. The van der Waals surface area contributed by atoms with Crippen molar-refractivity contribution in [2.75, 3.05) is 0 Å². The van der Waals surface area contributed by atoms with Gasteiger partial charge in [-0.1, -0.05) is 18.2 Å². The SMILES string of the molecule is O.O.O.O=C(O)c1ccccc1.[MgH2]. The lowest BCUT2D eigenvalue weighted by Crippen LogP contribution is -1.93. The number of hydrogen-bond donors (Lipinski definition) is 1. The van der Waals surface area contributed by atoms with Gasteiger partial charge in [-0.2, -0.15) is 0 Å². The van der Waals surface area contributed by atoms with E-state index >= 15 is 0 Å². The second kappa shape index (κ2) is 11.3. The highest BCUT2D eigenvalue weighted by atomic mass is 24.3. The van der Waals surface area contributed by atoms with E-state index in [0.29, 0.717) is 5.56 Å². The number of rotatable bonds is 1. The van der Waals surface area contributed by atoms with Gasteiger partial charge >= 0.3 is 29.0 Å². The molecule has 7 N–H and O–H groups in total. The van der Waals surface area contributed by atoms with E-state index in [2.05, 4.69) is 0 Å². The molecule has 13 heavy (non-hydrogen) atoms. The van der Waals surface area contributed by atoms with Gasteiger partial charge in [0, 0.05) is 0 Å². The van der Waals surface area contributed by atoms with Crippen molar-refractivity contribution in [3.05, 3.63) is 35.9 Å². The summed E-state index contributed by atoms with van der Waals surface area (Å²) in [5.74, 6) is -0.879. The summed E-state index contributed by atoms with van der Waals surface area (Å²) in [6.45, 7) is 0. The van der Waals surface area contributed by atoms with Crippen molar-refractivity contribution < 1.29 is 26.3 Å². The smallest absolute Gasteiger partial charge is 0.335 e. The maximum atomic E-state index is 10.2. The molecular formula is C7H14MgO5. The highest BCUT2D eigenvalue weighted by Gasteiger charge is 1.96. The Balaban J connectivity index is -0.000000101. The molecule has 0 saturated heterocycles. The van der Waals surface area contributed by atoms with Crippen LogP contribution in [0.25, 0.3) is 0 Å². The van der Waals surface area contributed by atoms with Crippen LogP contribution in [-0.2, 0) is 0 Å². The average molecular weight is 202 g/mol. The van der Waals surface area contributed by atoms with E-state index in [9.17, 15) is 4.79 Å². The summed E-state index contributed by atoms with van der Waals surface area (Å²) in [6, 6.07) is 8.30. The molecule has 1 aromatic rings. The lowest BCUT2D eigenvalue weighted by molar-refractivity contribution is 0.0697. The summed E-state index contributed by atoms with van der Waals surface area (Å²) in [6.07, 6.45) is 0. The number of carboxylic acids is 1. The zero-order valence-corrected chi connectivity index (χ0v) is 6.24. The number of carboxylic acid groups (broad SMARTS) is 1. The Hall–Kier alpha value is -0.664. The lowest BCUT2D eigenvalue weighted by Gasteiger charge is -1.88. The molecule has 0 unspecified atom stereocenters. The molecule has 0 fully saturated rings. The van der Waals surface area contributed by atoms with Crippen molar-refractivity contribution in [2.45, 2.75) is 0 Å². The minimum absolute atomic E-state index is 0. The first-order valence-electron chi connectivity index (χ1n) is 2.59. The minimum Gasteiger partial charge on any atom is -0.478 e. The third kappa shape index (κ3) is 7.69. The van der Waals surface area contributed by atoms with E-state index in [1.807, 2.05) is 0 Å². The van der Waals surface area contributed by atoms with Gasteiger partial charge in [-0.25, -0.2) is 4.79 Å². The predicted molar refractivity (Wildman–Crippen MR) is 52.8 cm³/mol. The number of aromatic carboxylic acids is 1. The predicted octanol–water partition coefficient (Wildman–Crippen LogP) is -2.01. The fraction of sp³-hybridized carbons (Fsp3) is 0. The molecule has 1 rings (SSSR count). The molecule has 5 nitrogen and oxygen atoms in total. The summed E-state index contributed by atoms with van der Waals surface area (Å²) >= 11 is 0. The average Bonchev–Trinajstić information content (AvgIpc) is 1.90. The highest BCUT2D eigenvalue weighted by Crippen LogP contribution is 1.96. The summed E-state index contributed by atoms with van der Waals surface area (Å²) in [4.78, 5) is 10.2. The summed E-state index contributed by atoms with van der Waals surface area (Å²) < 4.78 is 0. The van der Waals surface area contributed by atoms with Gasteiger partial charge in [0.1, 0.15) is 0 Å². The number of carbonyl (C=O) groups is 1.